The Morgan fingerprint density at radius 1 is 1.41 bits per heavy atom. The highest BCUT2D eigenvalue weighted by Gasteiger charge is 2.25. The second-order valence-electron chi connectivity index (χ2n) is 6.23. The lowest BCUT2D eigenvalue weighted by atomic mass is 9.93. The zero-order valence-electron chi connectivity index (χ0n) is 13.3. The molecule has 1 aromatic carbocycles. The molecule has 0 fully saturated rings. The zero-order valence-corrected chi connectivity index (χ0v) is 15.7. The van der Waals surface area contributed by atoms with E-state index in [-0.39, 0.29) is 23.7 Å². The van der Waals surface area contributed by atoms with E-state index in [2.05, 4.69) is 15.9 Å². The summed E-state index contributed by atoms with van der Waals surface area (Å²) in [4.78, 5) is 14.3. The summed E-state index contributed by atoms with van der Waals surface area (Å²) in [6.45, 7) is 7.10. The molecule has 2 rings (SSSR count). The fourth-order valence-corrected chi connectivity index (χ4v) is 2.71. The number of fused-ring (bicyclic) bond motifs is 1. The van der Waals surface area contributed by atoms with E-state index in [1.807, 2.05) is 39.0 Å². The molecule has 0 unspecified atom stereocenters. The number of hydrogen-bond donors (Lipinski definition) is 1. The van der Waals surface area contributed by atoms with Crippen LogP contribution >= 0.6 is 28.3 Å². The van der Waals surface area contributed by atoms with Gasteiger partial charge in [0.25, 0.3) is 5.91 Å². The number of nitrogens with zero attached hydrogens (tertiary/aromatic N) is 1. The maximum Gasteiger partial charge on any atom is 0.289 e. The van der Waals surface area contributed by atoms with E-state index in [9.17, 15) is 4.79 Å². The van der Waals surface area contributed by atoms with Gasteiger partial charge in [0.2, 0.25) is 0 Å². The highest BCUT2D eigenvalue weighted by molar-refractivity contribution is 9.10. The molecule has 4 nitrogen and oxygen atoms in total. The van der Waals surface area contributed by atoms with Crippen molar-refractivity contribution in [3.8, 4) is 0 Å². The molecule has 0 aliphatic rings. The van der Waals surface area contributed by atoms with Gasteiger partial charge in [-0.15, -0.1) is 12.4 Å². The monoisotopic (exact) mass is 388 g/mol. The first-order valence-corrected chi connectivity index (χ1v) is 7.68. The molecule has 0 saturated heterocycles. The topological polar surface area (TPSA) is 59.5 Å². The fourth-order valence-electron chi connectivity index (χ4n) is 2.35. The Hall–Kier alpha value is -1.04. The Bertz CT molecular complexity index is 682. The minimum absolute atomic E-state index is 0. The van der Waals surface area contributed by atoms with Gasteiger partial charge in [0.05, 0.1) is 0 Å². The maximum absolute atomic E-state index is 12.6. The summed E-state index contributed by atoms with van der Waals surface area (Å²) in [6, 6.07) is 5.74. The summed E-state index contributed by atoms with van der Waals surface area (Å²) in [5, 5.41) is 0.958. The normalized spacial score (nSPS) is 11.4. The van der Waals surface area contributed by atoms with Crippen LogP contribution in [0.25, 0.3) is 11.0 Å². The second kappa shape index (κ2) is 7.02. The molecule has 22 heavy (non-hydrogen) atoms. The molecule has 2 aromatic rings. The Morgan fingerprint density at radius 2 is 2.05 bits per heavy atom. The van der Waals surface area contributed by atoms with E-state index in [0.29, 0.717) is 18.8 Å². The fraction of sp³-hybridized carbons (Fsp3) is 0.438. The lowest BCUT2D eigenvalue weighted by Crippen LogP contribution is -2.39. The minimum atomic E-state index is -0.118. The van der Waals surface area contributed by atoms with Crippen molar-refractivity contribution in [2.24, 2.45) is 11.1 Å². The molecule has 0 atom stereocenters. The lowest BCUT2D eigenvalue weighted by molar-refractivity contribution is 0.0710. The Morgan fingerprint density at radius 3 is 2.64 bits per heavy atom. The molecule has 1 aromatic heterocycles. The largest absolute Gasteiger partial charge is 0.451 e. The highest BCUT2D eigenvalue weighted by Crippen LogP contribution is 2.29. The van der Waals surface area contributed by atoms with Crippen LogP contribution in [0.2, 0.25) is 0 Å². The van der Waals surface area contributed by atoms with E-state index in [1.54, 1.807) is 11.9 Å². The molecule has 0 spiro atoms. The summed E-state index contributed by atoms with van der Waals surface area (Å²) >= 11 is 3.44. The summed E-state index contributed by atoms with van der Waals surface area (Å²) in [6.07, 6.45) is 0. The molecule has 1 amide bonds. The third-order valence-corrected chi connectivity index (χ3v) is 4.15. The molecular formula is C16H22BrClN2O2. The molecule has 0 aliphatic heterocycles. The van der Waals surface area contributed by atoms with Crippen LogP contribution in [0.5, 0.6) is 0 Å². The third-order valence-electron chi connectivity index (χ3n) is 3.66. The second-order valence-corrected chi connectivity index (χ2v) is 7.14. The van der Waals surface area contributed by atoms with Crippen molar-refractivity contribution in [1.29, 1.82) is 0 Å². The summed E-state index contributed by atoms with van der Waals surface area (Å²) in [5.41, 5.74) is 7.21. The van der Waals surface area contributed by atoms with Gasteiger partial charge < -0.3 is 15.1 Å². The number of furan rings is 1. The molecule has 6 heteroatoms. The van der Waals surface area contributed by atoms with Gasteiger partial charge in [-0.1, -0.05) is 29.8 Å². The minimum Gasteiger partial charge on any atom is -0.451 e. The van der Waals surface area contributed by atoms with Crippen molar-refractivity contribution in [3.63, 3.8) is 0 Å². The average molecular weight is 390 g/mol. The number of carbonyl (C=O) groups is 1. The zero-order chi connectivity index (χ0) is 15.8. The van der Waals surface area contributed by atoms with Crippen molar-refractivity contribution < 1.29 is 9.21 Å². The van der Waals surface area contributed by atoms with Gasteiger partial charge in [0, 0.05) is 29.0 Å². The number of benzene rings is 1. The number of halogens is 2. The van der Waals surface area contributed by atoms with Gasteiger partial charge >= 0.3 is 0 Å². The smallest absolute Gasteiger partial charge is 0.289 e. The summed E-state index contributed by atoms with van der Waals surface area (Å²) < 4.78 is 6.71. The van der Waals surface area contributed by atoms with E-state index in [4.69, 9.17) is 10.2 Å². The number of carbonyl (C=O) groups excluding carboxylic acids is 1. The van der Waals surface area contributed by atoms with Crippen LogP contribution in [0.1, 0.15) is 30.0 Å². The van der Waals surface area contributed by atoms with Crippen LogP contribution in [-0.4, -0.2) is 30.9 Å². The molecule has 0 aliphatic carbocycles. The Labute approximate surface area is 145 Å². The van der Waals surface area contributed by atoms with E-state index in [1.165, 1.54) is 0 Å². The van der Waals surface area contributed by atoms with E-state index < -0.39 is 0 Å². The first kappa shape index (κ1) is 19.0. The predicted molar refractivity (Wildman–Crippen MR) is 95.7 cm³/mol. The van der Waals surface area contributed by atoms with Gasteiger partial charge in [-0.3, -0.25) is 4.79 Å². The number of amides is 1. The molecule has 0 saturated carbocycles. The Balaban J connectivity index is 0.00000242. The van der Waals surface area contributed by atoms with Gasteiger partial charge in [-0.2, -0.15) is 0 Å². The highest BCUT2D eigenvalue weighted by atomic mass is 79.9. The number of nitrogens with two attached hydrogens (primary N) is 1. The van der Waals surface area contributed by atoms with Crippen LogP contribution in [0, 0.1) is 12.3 Å². The Kier molecular flexibility index (Phi) is 6.07. The number of hydrogen-bond acceptors (Lipinski definition) is 3. The average Bonchev–Trinajstić information content (AvgIpc) is 2.74. The van der Waals surface area contributed by atoms with Crippen molar-refractivity contribution in [3.05, 3.63) is 34.0 Å². The van der Waals surface area contributed by atoms with Gasteiger partial charge in [0.15, 0.2) is 5.76 Å². The SMILES string of the molecule is Cc1c(C(=O)N(C)CC(C)(C)CN)oc2ccc(Br)cc12.Cl. The third kappa shape index (κ3) is 3.83. The van der Waals surface area contributed by atoms with E-state index >= 15 is 0 Å². The molecular weight excluding hydrogens is 368 g/mol. The number of rotatable bonds is 4. The van der Waals surface area contributed by atoms with Crippen LogP contribution in [0.3, 0.4) is 0 Å². The van der Waals surface area contributed by atoms with Gasteiger partial charge in [0.1, 0.15) is 5.58 Å². The lowest BCUT2D eigenvalue weighted by Gasteiger charge is -2.28. The standard InChI is InChI=1S/C16H21BrN2O2.ClH/c1-10-12-7-11(17)5-6-13(12)21-14(10)15(20)19(4)9-16(2,3)8-18;/h5-7H,8-9,18H2,1-4H3;1H. The van der Waals surface area contributed by atoms with Crippen LogP contribution in [0.15, 0.2) is 27.1 Å². The van der Waals surface area contributed by atoms with Crippen LogP contribution in [0.4, 0.5) is 0 Å². The van der Waals surface area contributed by atoms with Crippen molar-refractivity contribution in [2.45, 2.75) is 20.8 Å². The summed E-state index contributed by atoms with van der Waals surface area (Å²) in [7, 11) is 1.78. The van der Waals surface area contributed by atoms with Gasteiger partial charge in [-0.05, 0) is 37.1 Å². The molecule has 1 heterocycles. The van der Waals surface area contributed by atoms with Crippen molar-refractivity contribution in [2.75, 3.05) is 20.1 Å². The van der Waals surface area contributed by atoms with Crippen LogP contribution in [-0.2, 0) is 0 Å². The quantitative estimate of drug-likeness (QED) is 0.860. The maximum atomic E-state index is 12.6. The summed E-state index contributed by atoms with van der Waals surface area (Å²) in [5.74, 6) is 0.291. The first-order valence-electron chi connectivity index (χ1n) is 6.89. The molecule has 0 bridgehead atoms. The van der Waals surface area contributed by atoms with Crippen molar-refractivity contribution in [1.82, 2.24) is 4.90 Å². The first-order chi connectivity index (χ1) is 9.75. The predicted octanol–water partition coefficient (Wildman–Crippen LogP) is 3.98. The van der Waals surface area contributed by atoms with E-state index in [0.717, 1.165) is 21.0 Å². The van der Waals surface area contributed by atoms with Crippen LogP contribution < -0.4 is 5.73 Å². The van der Waals surface area contributed by atoms with Gasteiger partial charge in [-0.25, -0.2) is 0 Å². The molecule has 0 radical (unpaired) electrons. The number of aryl methyl sites for hydroxylation is 1. The molecule has 122 valence electrons. The molecule has 2 N–H and O–H groups in total. The van der Waals surface area contributed by atoms with Crippen molar-refractivity contribution >= 4 is 45.2 Å².